The van der Waals surface area contributed by atoms with Gasteiger partial charge in [-0.05, 0) is 43.3 Å². The largest absolute Gasteiger partial charge is 0.355 e. The van der Waals surface area contributed by atoms with E-state index in [-0.39, 0.29) is 17.1 Å². The van der Waals surface area contributed by atoms with E-state index in [1.165, 1.54) is 18.7 Å². The third kappa shape index (κ3) is 5.34. The molecular formula is C20H22N4O2S. The second-order valence-corrected chi connectivity index (χ2v) is 7.62. The van der Waals surface area contributed by atoms with Crippen LogP contribution in [0.4, 0.5) is 5.69 Å². The summed E-state index contributed by atoms with van der Waals surface area (Å²) in [7, 11) is 0. The van der Waals surface area contributed by atoms with Crippen LogP contribution in [0, 0.1) is 0 Å². The molecule has 0 bridgehead atoms. The molecule has 0 fully saturated rings. The summed E-state index contributed by atoms with van der Waals surface area (Å²) in [6.07, 6.45) is 4.63. The molecule has 0 aliphatic carbocycles. The minimum absolute atomic E-state index is 0.00491. The summed E-state index contributed by atoms with van der Waals surface area (Å²) in [5.74, 6) is -0.108. The van der Waals surface area contributed by atoms with Crippen molar-refractivity contribution >= 4 is 34.9 Å². The predicted molar refractivity (Wildman–Crippen MR) is 108 cm³/mol. The van der Waals surface area contributed by atoms with Crippen LogP contribution in [-0.2, 0) is 16.0 Å². The van der Waals surface area contributed by atoms with E-state index in [2.05, 4.69) is 15.6 Å². The van der Waals surface area contributed by atoms with E-state index in [1.807, 2.05) is 66.2 Å². The van der Waals surface area contributed by atoms with E-state index in [0.29, 0.717) is 13.0 Å². The lowest BCUT2D eigenvalue weighted by Gasteiger charge is -2.12. The zero-order chi connectivity index (χ0) is 19.2. The Morgan fingerprint density at radius 1 is 1.19 bits per heavy atom. The smallest absolute Gasteiger partial charge is 0.233 e. The van der Waals surface area contributed by atoms with Gasteiger partial charge in [0.25, 0.3) is 0 Å². The Hall–Kier alpha value is -2.80. The standard InChI is InChI=1S/C20H22N4O2S/c1-14(27-18-8-6-16(7-9-18)22-15(2)25)20(26)21-11-10-17-13-24-12-4-3-5-19(24)23-17/h3-9,12-14H,10-11H2,1-2H3,(H,21,26)(H,22,25). The van der Waals surface area contributed by atoms with E-state index < -0.39 is 0 Å². The maximum atomic E-state index is 12.3. The fourth-order valence-corrected chi connectivity index (χ4v) is 3.53. The highest BCUT2D eigenvalue weighted by Crippen LogP contribution is 2.24. The van der Waals surface area contributed by atoms with Crippen LogP contribution < -0.4 is 10.6 Å². The number of amides is 2. The van der Waals surface area contributed by atoms with Gasteiger partial charge in [-0.3, -0.25) is 9.59 Å². The van der Waals surface area contributed by atoms with Crippen LogP contribution in [0.25, 0.3) is 5.65 Å². The van der Waals surface area contributed by atoms with Gasteiger partial charge in [0.1, 0.15) is 5.65 Å². The number of anilines is 1. The Labute approximate surface area is 162 Å². The van der Waals surface area contributed by atoms with Crippen LogP contribution in [-0.4, -0.2) is 33.0 Å². The van der Waals surface area contributed by atoms with Crippen molar-refractivity contribution in [2.45, 2.75) is 30.4 Å². The Bertz CT molecular complexity index is 904. The lowest BCUT2D eigenvalue weighted by molar-refractivity contribution is -0.120. The molecule has 0 spiro atoms. The zero-order valence-corrected chi connectivity index (χ0v) is 16.1. The van der Waals surface area contributed by atoms with Crippen molar-refractivity contribution in [1.82, 2.24) is 14.7 Å². The van der Waals surface area contributed by atoms with E-state index in [0.717, 1.165) is 21.9 Å². The Balaban J connectivity index is 1.46. The SMILES string of the molecule is CC(=O)Nc1ccc(SC(C)C(=O)NCCc2cn3ccccc3n2)cc1. The average Bonchev–Trinajstić information content (AvgIpc) is 3.05. The predicted octanol–water partition coefficient (Wildman–Crippen LogP) is 3.13. The third-order valence-corrected chi connectivity index (χ3v) is 5.06. The maximum absolute atomic E-state index is 12.3. The lowest BCUT2D eigenvalue weighted by atomic mass is 10.3. The molecule has 7 heteroatoms. The van der Waals surface area contributed by atoms with Crippen molar-refractivity contribution in [3.8, 4) is 0 Å². The highest BCUT2D eigenvalue weighted by atomic mass is 32.2. The second kappa shape index (κ2) is 8.73. The molecule has 2 N–H and O–H groups in total. The summed E-state index contributed by atoms with van der Waals surface area (Å²) in [5, 5.41) is 5.48. The molecule has 0 saturated heterocycles. The van der Waals surface area contributed by atoms with Gasteiger partial charge < -0.3 is 15.0 Å². The summed E-state index contributed by atoms with van der Waals surface area (Å²) in [5.41, 5.74) is 2.61. The van der Waals surface area contributed by atoms with Crippen LogP contribution in [0.3, 0.4) is 0 Å². The molecular weight excluding hydrogens is 360 g/mol. The molecule has 2 heterocycles. The van der Waals surface area contributed by atoms with Crippen molar-refractivity contribution in [1.29, 1.82) is 0 Å². The van der Waals surface area contributed by atoms with Crippen molar-refractivity contribution in [3.63, 3.8) is 0 Å². The molecule has 2 amide bonds. The molecule has 0 saturated carbocycles. The van der Waals surface area contributed by atoms with Gasteiger partial charge >= 0.3 is 0 Å². The molecule has 1 aromatic carbocycles. The Morgan fingerprint density at radius 3 is 2.67 bits per heavy atom. The fraction of sp³-hybridized carbons (Fsp3) is 0.250. The average molecular weight is 382 g/mol. The maximum Gasteiger partial charge on any atom is 0.233 e. The molecule has 27 heavy (non-hydrogen) atoms. The zero-order valence-electron chi connectivity index (χ0n) is 15.3. The summed E-state index contributed by atoms with van der Waals surface area (Å²) < 4.78 is 1.97. The quantitative estimate of drug-likeness (QED) is 0.616. The van der Waals surface area contributed by atoms with Crippen molar-refractivity contribution < 1.29 is 9.59 Å². The highest BCUT2D eigenvalue weighted by molar-refractivity contribution is 8.00. The van der Waals surface area contributed by atoms with E-state index in [9.17, 15) is 9.59 Å². The van der Waals surface area contributed by atoms with Gasteiger partial charge in [-0.25, -0.2) is 4.98 Å². The van der Waals surface area contributed by atoms with Crippen LogP contribution in [0.5, 0.6) is 0 Å². The number of rotatable bonds is 7. The van der Waals surface area contributed by atoms with Gasteiger partial charge in [0.05, 0.1) is 10.9 Å². The number of fused-ring (bicyclic) bond motifs is 1. The number of thioether (sulfide) groups is 1. The molecule has 6 nitrogen and oxygen atoms in total. The number of hydrogen-bond donors (Lipinski definition) is 2. The molecule has 1 atom stereocenters. The summed E-state index contributed by atoms with van der Waals surface area (Å²) in [6, 6.07) is 13.3. The molecule has 140 valence electrons. The summed E-state index contributed by atoms with van der Waals surface area (Å²) in [6.45, 7) is 3.91. The number of aromatic nitrogens is 2. The van der Waals surface area contributed by atoms with Gasteiger partial charge in [-0.2, -0.15) is 0 Å². The van der Waals surface area contributed by atoms with Crippen LogP contribution in [0.1, 0.15) is 19.5 Å². The number of carbonyl (C=O) groups excluding carboxylic acids is 2. The molecule has 0 aliphatic rings. The topological polar surface area (TPSA) is 75.5 Å². The number of nitrogens with one attached hydrogen (secondary N) is 2. The minimum atomic E-state index is -0.210. The monoisotopic (exact) mass is 382 g/mol. The minimum Gasteiger partial charge on any atom is -0.355 e. The van der Waals surface area contributed by atoms with Crippen molar-refractivity contribution in [2.24, 2.45) is 0 Å². The highest BCUT2D eigenvalue weighted by Gasteiger charge is 2.14. The molecule has 0 aliphatic heterocycles. The summed E-state index contributed by atoms with van der Waals surface area (Å²) in [4.78, 5) is 28.9. The number of pyridine rings is 1. The number of hydrogen-bond acceptors (Lipinski definition) is 4. The molecule has 3 rings (SSSR count). The lowest BCUT2D eigenvalue weighted by Crippen LogP contribution is -2.32. The van der Waals surface area contributed by atoms with Gasteiger partial charge in [0, 0.05) is 42.9 Å². The summed E-state index contributed by atoms with van der Waals surface area (Å²) >= 11 is 1.48. The van der Waals surface area contributed by atoms with Gasteiger partial charge in [0.2, 0.25) is 11.8 Å². The van der Waals surface area contributed by atoms with Gasteiger partial charge in [-0.1, -0.05) is 6.07 Å². The van der Waals surface area contributed by atoms with Crippen molar-refractivity contribution in [3.05, 3.63) is 60.6 Å². The van der Waals surface area contributed by atoms with Gasteiger partial charge in [0.15, 0.2) is 0 Å². The molecule has 0 radical (unpaired) electrons. The number of nitrogens with zero attached hydrogens (tertiary/aromatic N) is 2. The first kappa shape index (κ1) is 19.0. The Morgan fingerprint density at radius 2 is 1.96 bits per heavy atom. The third-order valence-electron chi connectivity index (χ3n) is 3.95. The first-order valence-corrected chi connectivity index (χ1v) is 9.64. The number of benzene rings is 1. The number of imidazole rings is 1. The van der Waals surface area contributed by atoms with E-state index in [4.69, 9.17) is 0 Å². The second-order valence-electron chi connectivity index (χ2n) is 6.21. The first-order valence-electron chi connectivity index (χ1n) is 8.76. The molecule has 3 aromatic rings. The van der Waals surface area contributed by atoms with Crippen molar-refractivity contribution in [2.75, 3.05) is 11.9 Å². The van der Waals surface area contributed by atoms with Gasteiger partial charge in [-0.15, -0.1) is 11.8 Å². The van der Waals surface area contributed by atoms with E-state index >= 15 is 0 Å². The first-order chi connectivity index (χ1) is 13.0. The van der Waals surface area contributed by atoms with Crippen LogP contribution >= 0.6 is 11.8 Å². The van der Waals surface area contributed by atoms with Crippen LogP contribution in [0.2, 0.25) is 0 Å². The normalized spacial score (nSPS) is 11.9. The fourth-order valence-electron chi connectivity index (χ4n) is 2.64. The van der Waals surface area contributed by atoms with Crippen LogP contribution in [0.15, 0.2) is 59.8 Å². The molecule has 2 aromatic heterocycles. The Kier molecular flexibility index (Phi) is 6.13. The number of carbonyl (C=O) groups is 2. The van der Waals surface area contributed by atoms with E-state index in [1.54, 1.807) is 0 Å². The molecule has 1 unspecified atom stereocenters.